The third-order valence-corrected chi connectivity index (χ3v) is 3.71. The summed E-state index contributed by atoms with van der Waals surface area (Å²) in [6, 6.07) is 6.14. The number of hydrogen-bond acceptors (Lipinski definition) is 2. The predicted molar refractivity (Wildman–Crippen MR) is 77.4 cm³/mol. The molecule has 0 spiro atoms. The molecule has 2 rings (SSSR count). The lowest BCUT2D eigenvalue weighted by molar-refractivity contribution is 0.284. The maximum absolute atomic E-state index is 6.06. The van der Waals surface area contributed by atoms with Crippen LogP contribution >= 0.6 is 23.2 Å². The molecule has 0 saturated carbocycles. The van der Waals surface area contributed by atoms with Crippen LogP contribution in [0.15, 0.2) is 18.2 Å². The van der Waals surface area contributed by atoms with E-state index in [9.17, 15) is 0 Å². The molecule has 0 N–H and O–H groups in total. The summed E-state index contributed by atoms with van der Waals surface area (Å²) >= 11 is 12.0. The molecule has 5 heteroatoms. The Morgan fingerprint density at radius 3 is 2.72 bits per heavy atom. The largest absolute Gasteiger partial charge is 0.325 e. The minimum atomic E-state index is 0.406. The van der Waals surface area contributed by atoms with E-state index in [1.54, 1.807) is 0 Å². The molecule has 0 saturated heterocycles. The molecule has 0 bridgehead atoms. The molecule has 3 nitrogen and oxygen atoms in total. The van der Waals surface area contributed by atoms with Gasteiger partial charge in [-0.1, -0.05) is 11.6 Å². The van der Waals surface area contributed by atoms with Crippen LogP contribution < -0.4 is 0 Å². The quantitative estimate of drug-likeness (QED) is 0.803. The Kier molecular flexibility index (Phi) is 4.15. The number of imidazole rings is 1. The zero-order chi connectivity index (χ0) is 13.3. The lowest BCUT2D eigenvalue weighted by Crippen LogP contribution is -2.29. The zero-order valence-electron chi connectivity index (χ0n) is 10.8. The monoisotopic (exact) mass is 285 g/mol. The second kappa shape index (κ2) is 5.47. The molecule has 0 radical (unpaired) electrons. The molecule has 98 valence electrons. The van der Waals surface area contributed by atoms with E-state index in [0.717, 1.165) is 28.4 Å². The number of likely N-dealkylation sites (N-methyl/N-ethyl adjacent to an activating group) is 1. The summed E-state index contributed by atoms with van der Waals surface area (Å²) in [5.41, 5.74) is 1.99. The van der Waals surface area contributed by atoms with E-state index in [2.05, 4.69) is 35.5 Å². The minimum Gasteiger partial charge on any atom is -0.325 e. The van der Waals surface area contributed by atoms with Crippen LogP contribution in [-0.2, 0) is 12.4 Å². The molecular weight excluding hydrogens is 269 g/mol. The van der Waals surface area contributed by atoms with Crippen molar-refractivity contribution in [2.45, 2.75) is 25.4 Å². The number of hydrogen-bond donors (Lipinski definition) is 0. The van der Waals surface area contributed by atoms with Gasteiger partial charge in [0.1, 0.15) is 5.82 Å². The van der Waals surface area contributed by atoms with Crippen molar-refractivity contribution in [1.82, 2.24) is 14.5 Å². The number of benzene rings is 1. The fourth-order valence-corrected chi connectivity index (χ4v) is 2.25. The van der Waals surface area contributed by atoms with Gasteiger partial charge in [0.25, 0.3) is 0 Å². The van der Waals surface area contributed by atoms with E-state index in [-0.39, 0.29) is 0 Å². The van der Waals surface area contributed by atoms with Gasteiger partial charge in [-0.25, -0.2) is 4.98 Å². The Morgan fingerprint density at radius 2 is 2.11 bits per heavy atom. The van der Waals surface area contributed by atoms with Gasteiger partial charge in [-0.15, -0.1) is 11.6 Å². The average Bonchev–Trinajstić information content (AvgIpc) is 2.67. The molecule has 1 aromatic carbocycles. The maximum Gasteiger partial charge on any atom is 0.124 e. The Hall–Kier alpha value is -0.770. The van der Waals surface area contributed by atoms with Gasteiger partial charge in [0, 0.05) is 17.6 Å². The Bertz CT molecular complexity index is 548. The summed E-state index contributed by atoms with van der Waals surface area (Å²) < 4.78 is 2.15. The van der Waals surface area contributed by atoms with Gasteiger partial charge >= 0.3 is 0 Å². The first-order chi connectivity index (χ1) is 8.52. The first kappa shape index (κ1) is 13.7. The Balaban J connectivity index is 2.48. The van der Waals surface area contributed by atoms with Crippen LogP contribution in [-0.4, -0.2) is 34.6 Å². The molecule has 0 aliphatic carbocycles. The SMILES string of the molecule is CC(Cn1c(CCl)nc2ccc(Cl)cc21)N(C)C. The number of aromatic nitrogens is 2. The first-order valence-electron chi connectivity index (χ1n) is 5.90. The molecule has 1 heterocycles. The van der Waals surface area contributed by atoms with Crippen LogP contribution in [0.3, 0.4) is 0 Å². The van der Waals surface area contributed by atoms with E-state index >= 15 is 0 Å². The first-order valence-corrected chi connectivity index (χ1v) is 6.81. The molecule has 0 amide bonds. The van der Waals surface area contributed by atoms with Crippen LogP contribution in [0.25, 0.3) is 11.0 Å². The Morgan fingerprint density at radius 1 is 1.39 bits per heavy atom. The number of halogens is 2. The summed E-state index contributed by atoms with van der Waals surface area (Å²) in [6.07, 6.45) is 0. The molecular formula is C13H17Cl2N3. The molecule has 0 fully saturated rings. The molecule has 18 heavy (non-hydrogen) atoms. The molecule has 0 aliphatic rings. The predicted octanol–water partition coefficient (Wildman–Crippen LogP) is 3.38. The third-order valence-electron chi connectivity index (χ3n) is 3.24. The molecule has 2 aromatic rings. The fraction of sp³-hybridized carbons (Fsp3) is 0.462. The van der Waals surface area contributed by atoms with E-state index in [1.807, 2.05) is 18.2 Å². The van der Waals surface area contributed by atoms with Gasteiger partial charge in [0.15, 0.2) is 0 Å². The molecule has 1 aromatic heterocycles. The summed E-state index contributed by atoms with van der Waals surface area (Å²) in [5.74, 6) is 1.30. The number of rotatable bonds is 4. The standard InChI is InChI=1S/C13H17Cl2N3/c1-9(17(2)3)8-18-12-6-10(15)4-5-11(12)16-13(18)7-14/h4-6,9H,7-8H2,1-3H3. The topological polar surface area (TPSA) is 21.1 Å². The fourth-order valence-electron chi connectivity index (χ4n) is 1.88. The highest BCUT2D eigenvalue weighted by atomic mass is 35.5. The molecule has 1 unspecified atom stereocenters. The minimum absolute atomic E-state index is 0.406. The van der Waals surface area contributed by atoms with E-state index in [4.69, 9.17) is 23.2 Å². The van der Waals surface area contributed by atoms with Crippen LogP contribution in [0.5, 0.6) is 0 Å². The molecule has 1 atom stereocenters. The average molecular weight is 286 g/mol. The van der Waals surface area contributed by atoms with Crippen molar-refractivity contribution in [2.75, 3.05) is 14.1 Å². The third kappa shape index (κ3) is 2.63. The second-order valence-corrected chi connectivity index (χ2v) is 5.42. The van der Waals surface area contributed by atoms with Crippen LogP contribution in [0, 0.1) is 0 Å². The van der Waals surface area contributed by atoms with Crippen molar-refractivity contribution in [1.29, 1.82) is 0 Å². The van der Waals surface area contributed by atoms with Gasteiger partial charge in [0.2, 0.25) is 0 Å². The van der Waals surface area contributed by atoms with Gasteiger partial charge in [-0.2, -0.15) is 0 Å². The van der Waals surface area contributed by atoms with Crippen molar-refractivity contribution in [3.63, 3.8) is 0 Å². The highest BCUT2D eigenvalue weighted by Crippen LogP contribution is 2.22. The summed E-state index contributed by atoms with van der Waals surface area (Å²) in [7, 11) is 4.13. The van der Waals surface area contributed by atoms with Crippen molar-refractivity contribution < 1.29 is 0 Å². The van der Waals surface area contributed by atoms with Crippen LogP contribution in [0.1, 0.15) is 12.7 Å². The molecule has 0 aliphatic heterocycles. The maximum atomic E-state index is 6.06. The Labute approximate surface area is 117 Å². The van der Waals surface area contributed by atoms with Crippen LogP contribution in [0.4, 0.5) is 0 Å². The highest BCUT2D eigenvalue weighted by Gasteiger charge is 2.14. The van der Waals surface area contributed by atoms with Gasteiger partial charge < -0.3 is 9.47 Å². The van der Waals surface area contributed by atoms with E-state index in [1.165, 1.54) is 0 Å². The number of fused-ring (bicyclic) bond motifs is 1. The van der Waals surface area contributed by atoms with E-state index < -0.39 is 0 Å². The van der Waals surface area contributed by atoms with Gasteiger partial charge in [-0.3, -0.25) is 0 Å². The van der Waals surface area contributed by atoms with Gasteiger partial charge in [-0.05, 0) is 39.2 Å². The van der Waals surface area contributed by atoms with Crippen molar-refractivity contribution in [2.24, 2.45) is 0 Å². The normalized spacial score (nSPS) is 13.4. The highest BCUT2D eigenvalue weighted by molar-refractivity contribution is 6.31. The lowest BCUT2D eigenvalue weighted by Gasteiger charge is -2.21. The zero-order valence-corrected chi connectivity index (χ0v) is 12.3. The van der Waals surface area contributed by atoms with Crippen LogP contribution in [0.2, 0.25) is 5.02 Å². The summed E-state index contributed by atoms with van der Waals surface area (Å²) in [5, 5.41) is 0.724. The van der Waals surface area contributed by atoms with Crippen molar-refractivity contribution in [3.8, 4) is 0 Å². The summed E-state index contributed by atoms with van der Waals surface area (Å²) in [4.78, 5) is 6.71. The van der Waals surface area contributed by atoms with E-state index in [0.29, 0.717) is 11.9 Å². The number of alkyl halides is 1. The van der Waals surface area contributed by atoms with Crippen molar-refractivity contribution >= 4 is 34.2 Å². The second-order valence-electron chi connectivity index (χ2n) is 4.72. The van der Waals surface area contributed by atoms with Crippen molar-refractivity contribution in [3.05, 3.63) is 29.0 Å². The number of nitrogens with zero attached hydrogens (tertiary/aromatic N) is 3. The van der Waals surface area contributed by atoms with Gasteiger partial charge in [0.05, 0.1) is 16.9 Å². The smallest absolute Gasteiger partial charge is 0.124 e. The summed E-state index contributed by atoms with van der Waals surface area (Å²) in [6.45, 7) is 3.03. The lowest BCUT2D eigenvalue weighted by atomic mass is 10.2.